The molecular formula is C19H23ClN2O3. The van der Waals surface area contributed by atoms with E-state index < -0.39 is 5.63 Å². The molecule has 0 unspecified atom stereocenters. The minimum Gasteiger partial charge on any atom is -0.422 e. The molecule has 1 N–H and O–H groups in total. The first-order valence-corrected chi connectivity index (χ1v) is 8.67. The highest BCUT2D eigenvalue weighted by Crippen LogP contribution is 2.28. The van der Waals surface area contributed by atoms with Gasteiger partial charge >= 0.3 is 5.63 Å². The third-order valence-electron chi connectivity index (χ3n) is 5.59. The van der Waals surface area contributed by atoms with Crippen molar-refractivity contribution >= 4 is 29.3 Å². The van der Waals surface area contributed by atoms with Crippen LogP contribution in [0, 0.1) is 18.8 Å². The van der Waals surface area contributed by atoms with Crippen LogP contribution in [0.3, 0.4) is 0 Å². The summed E-state index contributed by atoms with van der Waals surface area (Å²) in [5, 5.41) is 4.27. The summed E-state index contributed by atoms with van der Waals surface area (Å²) >= 11 is 0. The third kappa shape index (κ3) is 3.18. The lowest BCUT2D eigenvalue weighted by molar-refractivity contribution is 0.0753. The largest absolute Gasteiger partial charge is 0.422 e. The van der Waals surface area contributed by atoms with E-state index in [1.807, 2.05) is 30.0 Å². The van der Waals surface area contributed by atoms with E-state index >= 15 is 0 Å². The second-order valence-electron chi connectivity index (χ2n) is 6.93. The number of hydrogen-bond donors (Lipinski definition) is 1. The molecule has 2 saturated heterocycles. The van der Waals surface area contributed by atoms with Crippen molar-refractivity contribution in [2.75, 3.05) is 26.2 Å². The first-order valence-electron chi connectivity index (χ1n) is 8.67. The van der Waals surface area contributed by atoms with E-state index in [-0.39, 0.29) is 23.9 Å². The number of carbonyl (C=O) groups is 1. The van der Waals surface area contributed by atoms with Crippen LogP contribution in [0.5, 0.6) is 0 Å². The molecule has 1 aromatic heterocycles. The van der Waals surface area contributed by atoms with Crippen molar-refractivity contribution in [2.45, 2.75) is 19.8 Å². The maximum absolute atomic E-state index is 13.0. The van der Waals surface area contributed by atoms with Crippen molar-refractivity contribution in [1.29, 1.82) is 0 Å². The smallest absolute Gasteiger partial charge is 0.349 e. The van der Waals surface area contributed by atoms with Crippen molar-refractivity contribution in [3.8, 4) is 0 Å². The van der Waals surface area contributed by atoms with Crippen LogP contribution >= 0.6 is 12.4 Å². The Kier molecular flexibility index (Phi) is 5.16. The van der Waals surface area contributed by atoms with Crippen LogP contribution in [-0.4, -0.2) is 37.0 Å². The quantitative estimate of drug-likeness (QED) is 0.792. The topological polar surface area (TPSA) is 62.6 Å². The van der Waals surface area contributed by atoms with E-state index in [2.05, 4.69) is 5.32 Å². The average Bonchev–Trinajstić information content (AvgIpc) is 2.93. The van der Waals surface area contributed by atoms with Crippen LogP contribution in [-0.2, 0) is 0 Å². The Balaban J connectivity index is 0.00000182. The number of rotatable bonds is 1. The molecule has 2 aliphatic rings. The molecule has 134 valence electrons. The number of nitrogens with zero attached hydrogens (tertiary/aromatic N) is 1. The third-order valence-corrected chi connectivity index (χ3v) is 5.59. The van der Waals surface area contributed by atoms with E-state index in [0.29, 0.717) is 30.5 Å². The minimum absolute atomic E-state index is 0. The molecule has 0 saturated carbocycles. The Morgan fingerprint density at radius 1 is 1.16 bits per heavy atom. The molecule has 0 radical (unpaired) electrons. The molecule has 4 rings (SSSR count). The van der Waals surface area contributed by atoms with Gasteiger partial charge in [0.2, 0.25) is 0 Å². The summed E-state index contributed by atoms with van der Waals surface area (Å²) in [6.45, 7) is 5.36. The van der Waals surface area contributed by atoms with Gasteiger partial charge in [0.1, 0.15) is 11.1 Å². The van der Waals surface area contributed by atoms with Crippen LogP contribution in [0.25, 0.3) is 11.0 Å². The van der Waals surface area contributed by atoms with Gasteiger partial charge in [-0.25, -0.2) is 4.79 Å². The molecule has 25 heavy (non-hydrogen) atoms. The van der Waals surface area contributed by atoms with Crippen molar-refractivity contribution < 1.29 is 9.21 Å². The van der Waals surface area contributed by atoms with Crippen LogP contribution < -0.4 is 10.9 Å². The highest BCUT2D eigenvalue weighted by atomic mass is 35.5. The van der Waals surface area contributed by atoms with Crippen LogP contribution in [0.1, 0.15) is 28.8 Å². The zero-order valence-corrected chi connectivity index (χ0v) is 15.1. The van der Waals surface area contributed by atoms with Crippen LogP contribution in [0.4, 0.5) is 0 Å². The van der Waals surface area contributed by atoms with Crippen molar-refractivity contribution in [3.63, 3.8) is 0 Å². The SMILES string of the molecule is Cc1c(C(=O)N2CC[C@@H]3CNC[C@@H]3CC2)c(=O)oc2ccccc12.Cl. The maximum Gasteiger partial charge on any atom is 0.349 e. The van der Waals surface area contributed by atoms with Crippen LogP contribution in [0.2, 0.25) is 0 Å². The molecule has 0 aliphatic carbocycles. The average molecular weight is 363 g/mol. The number of fused-ring (bicyclic) bond motifs is 2. The van der Waals surface area contributed by atoms with Gasteiger partial charge in [-0.2, -0.15) is 0 Å². The highest BCUT2D eigenvalue weighted by Gasteiger charge is 2.33. The summed E-state index contributed by atoms with van der Waals surface area (Å²) in [7, 11) is 0. The maximum atomic E-state index is 13.0. The molecule has 2 aromatic rings. The Morgan fingerprint density at radius 2 is 1.80 bits per heavy atom. The summed E-state index contributed by atoms with van der Waals surface area (Å²) < 4.78 is 5.38. The second kappa shape index (κ2) is 7.18. The standard InChI is InChI=1S/C19H22N2O3.ClH/c1-12-15-4-2-3-5-16(15)24-19(23)17(12)18(22)21-8-6-13-10-20-11-14(13)7-9-21;/h2-5,13-14,20H,6-11H2,1H3;1H/t13-,14+;. The van der Waals surface area contributed by atoms with E-state index in [4.69, 9.17) is 4.42 Å². The van der Waals surface area contributed by atoms with Crippen LogP contribution in [0.15, 0.2) is 33.5 Å². The number of para-hydroxylation sites is 1. The number of amides is 1. The first kappa shape index (κ1) is 18.0. The van der Waals surface area contributed by atoms with E-state index in [0.717, 1.165) is 36.9 Å². The second-order valence-corrected chi connectivity index (χ2v) is 6.93. The number of aryl methyl sites for hydroxylation is 1. The molecule has 2 atom stereocenters. The molecule has 0 spiro atoms. The number of hydrogen-bond acceptors (Lipinski definition) is 4. The number of nitrogens with one attached hydrogen (secondary N) is 1. The molecule has 0 bridgehead atoms. The van der Waals surface area contributed by atoms with Gasteiger partial charge in [-0.1, -0.05) is 18.2 Å². The monoisotopic (exact) mass is 362 g/mol. The molecule has 2 aliphatic heterocycles. The number of carbonyl (C=O) groups excluding carboxylic acids is 1. The summed E-state index contributed by atoms with van der Waals surface area (Å²) in [4.78, 5) is 27.2. The normalized spacial score (nSPS) is 23.0. The molecule has 1 aromatic carbocycles. The zero-order chi connectivity index (χ0) is 16.7. The summed E-state index contributed by atoms with van der Waals surface area (Å²) in [5.74, 6) is 1.12. The predicted octanol–water partition coefficient (Wildman–Crippen LogP) is 2.59. The molecule has 3 heterocycles. The van der Waals surface area contributed by atoms with Gasteiger partial charge in [-0.3, -0.25) is 4.79 Å². The lowest BCUT2D eigenvalue weighted by Crippen LogP contribution is -2.36. The molecule has 6 heteroatoms. The van der Waals surface area contributed by atoms with Gasteiger partial charge in [0.25, 0.3) is 5.91 Å². The van der Waals surface area contributed by atoms with E-state index in [1.54, 1.807) is 6.07 Å². The Bertz CT molecular complexity index is 834. The fourth-order valence-corrected chi connectivity index (χ4v) is 4.13. The summed E-state index contributed by atoms with van der Waals surface area (Å²) in [5.41, 5.74) is 0.923. The van der Waals surface area contributed by atoms with Gasteiger partial charge in [-0.15, -0.1) is 12.4 Å². The summed E-state index contributed by atoms with van der Waals surface area (Å²) in [6.07, 6.45) is 2.00. The number of likely N-dealkylation sites (tertiary alicyclic amines) is 1. The fourth-order valence-electron chi connectivity index (χ4n) is 4.13. The fraction of sp³-hybridized carbons (Fsp3) is 0.474. The predicted molar refractivity (Wildman–Crippen MR) is 99.5 cm³/mol. The Morgan fingerprint density at radius 3 is 2.48 bits per heavy atom. The van der Waals surface area contributed by atoms with Crippen molar-refractivity contribution in [1.82, 2.24) is 10.2 Å². The summed E-state index contributed by atoms with van der Waals surface area (Å²) in [6, 6.07) is 7.37. The van der Waals surface area contributed by atoms with Crippen molar-refractivity contribution in [3.05, 3.63) is 45.8 Å². The van der Waals surface area contributed by atoms with Gasteiger partial charge in [-0.05, 0) is 56.3 Å². The van der Waals surface area contributed by atoms with Gasteiger partial charge < -0.3 is 14.6 Å². The van der Waals surface area contributed by atoms with Gasteiger partial charge in [0, 0.05) is 18.5 Å². The lowest BCUT2D eigenvalue weighted by Gasteiger charge is -2.21. The van der Waals surface area contributed by atoms with E-state index in [1.165, 1.54) is 0 Å². The molecule has 2 fully saturated rings. The highest BCUT2D eigenvalue weighted by molar-refractivity contribution is 5.99. The molecule has 1 amide bonds. The molecular weight excluding hydrogens is 340 g/mol. The van der Waals surface area contributed by atoms with Crippen molar-refractivity contribution in [2.24, 2.45) is 11.8 Å². The molecule has 5 nitrogen and oxygen atoms in total. The van der Waals surface area contributed by atoms with Gasteiger partial charge in [0.05, 0.1) is 0 Å². The Hall–Kier alpha value is -1.85. The number of benzene rings is 1. The first-order chi connectivity index (χ1) is 11.6. The van der Waals surface area contributed by atoms with Gasteiger partial charge in [0.15, 0.2) is 0 Å². The Labute approximate surface area is 152 Å². The number of halogens is 1. The van der Waals surface area contributed by atoms with E-state index in [9.17, 15) is 9.59 Å². The lowest BCUT2D eigenvalue weighted by atomic mass is 9.92. The minimum atomic E-state index is -0.526. The zero-order valence-electron chi connectivity index (χ0n) is 14.3.